The molecule has 0 fully saturated rings. The second-order valence-corrected chi connectivity index (χ2v) is 8.06. The van der Waals surface area contributed by atoms with E-state index in [2.05, 4.69) is 16.0 Å². The number of carbonyl (C=O) groups is 3. The van der Waals surface area contributed by atoms with Gasteiger partial charge in [-0.15, -0.1) is 0 Å². The molecule has 3 N–H and O–H groups in total. The molecule has 0 aliphatic rings. The highest BCUT2D eigenvalue weighted by Gasteiger charge is 2.16. The first kappa shape index (κ1) is 23.2. The molecule has 0 heterocycles. The summed E-state index contributed by atoms with van der Waals surface area (Å²) in [5.74, 6) is -0.480. The van der Waals surface area contributed by atoms with Crippen LogP contribution in [-0.4, -0.2) is 30.1 Å². The third-order valence-corrected chi connectivity index (χ3v) is 4.01. The van der Waals surface area contributed by atoms with Gasteiger partial charge in [0, 0.05) is 35.8 Å². The van der Waals surface area contributed by atoms with E-state index in [1.807, 2.05) is 6.07 Å². The Kier molecular flexibility index (Phi) is 8.24. The third kappa shape index (κ3) is 8.53. The van der Waals surface area contributed by atoms with Gasteiger partial charge in [-0.1, -0.05) is 29.8 Å². The van der Waals surface area contributed by atoms with Crippen LogP contribution in [0.15, 0.2) is 48.5 Å². The lowest BCUT2D eigenvalue weighted by Gasteiger charge is -2.19. The topological polar surface area (TPSA) is 96.5 Å². The quantitative estimate of drug-likeness (QED) is 0.614. The van der Waals surface area contributed by atoms with Gasteiger partial charge in [0.2, 0.25) is 5.91 Å². The number of ether oxygens (including phenoxy) is 1. The Morgan fingerprint density at radius 3 is 2.43 bits per heavy atom. The van der Waals surface area contributed by atoms with E-state index in [1.54, 1.807) is 63.2 Å². The smallest absolute Gasteiger partial charge is 0.407 e. The Hall–Kier alpha value is -3.06. The van der Waals surface area contributed by atoms with Gasteiger partial charge in [-0.3, -0.25) is 9.59 Å². The Balaban J connectivity index is 1.80. The highest BCUT2D eigenvalue weighted by atomic mass is 35.5. The molecule has 0 bridgehead atoms. The van der Waals surface area contributed by atoms with E-state index in [1.165, 1.54) is 0 Å². The zero-order chi connectivity index (χ0) is 22.1. The standard InChI is InChI=1S/C22H26ClN3O4/c1-22(2,3)30-21(29)24-11-10-19(27)26-18-9-4-6-15(12-18)14-25-20(28)16-7-5-8-17(23)13-16/h4-9,12-13H,10-11,14H2,1-3H3,(H,24,29)(H,25,28)(H,26,27). The second-order valence-electron chi connectivity index (χ2n) is 7.62. The van der Waals surface area contributed by atoms with Gasteiger partial charge in [-0.05, 0) is 56.7 Å². The number of nitrogens with one attached hydrogen (secondary N) is 3. The average molecular weight is 432 g/mol. The number of hydrogen-bond donors (Lipinski definition) is 3. The van der Waals surface area contributed by atoms with Crippen LogP contribution >= 0.6 is 11.6 Å². The third-order valence-electron chi connectivity index (χ3n) is 3.77. The molecule has 0 aliphatic heterocycles. The fourth-order valence-corrected chi connectivity index (χ4v) is 2.68. The van der Waals surface area contributed by atoms with Gasteiger partial charge < -0.3 is 20.7 Å². The molecule has 160 valence electrons. The molecule has 0 aliphatic carbocycles. The number of carbonyl (C=O) groups excluding carboxylic acids is 3. The molecule has 30 heavy (non-hydrogen) atoms. The molecule has 0 radical (unpaired) electrons. The molecule has 2 aromatic rings. The van der Waals surface area contributed by atoms with Crippen LogP contribution in [0.4, 0.5) is 10.5 Å². The zero-order valence-corrected chi connectivity index (χ0v) is 18.0. The fraction of sp³-hybridized carbons (Fsp3) is 0.318. The van der Waals surface area contributed by atoms with Crippen LogP contribution in [0.2, 0.25) is 5.02 Å². The lowest BCUT2D eigenvalue weighted by molar-refractivity contribution is -0.116. The minimum Gasteiger partial charge on any atom is -0.444 e. The highest BCUT2D eigenvalue weighted by molar-refractivity contribution is 6.30. The van der Waals surface area contributed by atoms with Crippen LogP contribution in [0.1, 0.15) is 43.1 Å². The van der Waals surface area contributed by atoms with Crippen LogP contribution in [0.3, 0.4) is 0 Å². The van der Waals surface area contributed by atoms with E-state index < -0.39 is 11.7 Å². The van der Waals surface area contributed by atoms with Crippen molar-refractivity contribution in [2.45, 2.75) is 39.3 Å². The monoisotopic (exact) mass is 431 g/mol. The van der Waals surface area contributed by atoms with Gasteiger partial charge in [0.05, 0.1) is 0 Å². The van der Waals surface area contributed by atoms with Crippen LogP contribution in [-0.2, 0) is 16.1 Å². The van der Waals surface area contributed by atoms with Gasteiger partial charge in [-0.2, -0.15) is 0 Å². The summed E-state index contributed by atoms with van der Waals surface area (Å²) in [4.78, 5) is 35.9. The minimum atomic E-state index is -0.588. The highest BCUT2D eigenvalue weighted by Crippen LogP contribution is 2.13. The van der Waals surface area contributed by atoms with E-state index in [0.717, 1.165) is 5.56 Å². The number of halogens is 1. The average Bonchev–Trinajstić information content (AvgIpc) is 2.65. The van der Waals surface area contributed by atoms with Gasteiger partial charge in [0.25, 0.3) is 5.91 Å². The number of anilines is 1. The molecule has 2 rings (SSSR count). The van der Waals surface area contributed by atoms with E-state index >= 15 is 0 Å². The predicted molar refractivity (Wildman–Crippen MR) is 117 cm³/mol. The van der Waals surface area contributed by atoms with Crippen molar-refractivity contribution in [3.05, 3.63) is 64.7 Å². The molecule has 0 aromatic heterocycles. The zero-order valence-electron chi connectivity index (χ0n) is 17.3. The Morgan fingerprint density at radius 2 is 1.73 bits per heavy atom. The van der Waals surface area contributed by atoms with Crippen molar-refractivity contribution in [1.82, 2.24) is 10.6 Å². The molecule has 3 amide bonds. The lowest BCUT2D eigenvalue weighted by atomic mass is 10.1. The van der Waals surface area contributed by atoms with Gasteiger partial charge in [0.1, 0.15) is 5.60 Å². The van der Waals surface area contributed by atoms with E-state index in [-0.39, 0.29) is 24.8 Å². The van der Waals surface area contributed by atoms with E-state index in [9.17, 15) is 14.4 Å². The summed E-state index contributed by atoms with van der Waals surface area (Å²) in [6.45, 7) is 5.77. The number of amides is 3. The number of rotatable bonds is 7. The summed E-state index contributed by atoms with van der Waals surface area (Å²) < 4.78 is 5.11. The summed E-state index contributed by atoms with van der Waals surface area (Å²) in [7, 11) is 0. The summed E-state index contributed by atoms with van der Waals surface area (Å²) in [5.41, 5.74) is 1.32. The lowest BCUT2D eigenvalue weighted by Crippen LogP contribution is -2.34. The molecule has 7 nitrogen and oxygen atoms in total. The first-order valence-corrected chi connectivity index (χ1v) is 9.89. The molecule has 0 atom stereocenters. The molecule has 0 spiro atoms. The number of alkyl carbamates (subject to hydrolysis) is 1. The maximum Gasteiger partial charge on any atom is 0.407 e. The van der Waals surface area contributed by atoms with Crippen molar-refractivity contribution in [2.75, 3.05) is 11.9 Å². The molecule has 8 heteroatoms. The summed E-state index contributed by atoms with van der Waals surface area (Å²) in [6, 6.07) is 13.9. The van der Waals surface area contributed by atoms with Gasteiger partial charge in [-0.25, -0.2) is 4.79 Å². The van der Waals surface area contributed by atoms with Crippen LogP contribution < -0.4 is 16.0 Å². The van der Waals surface area contributed by atoms with E-state index in [4.69, 9.17) is 16.3 Å². The minimum absolute atomic E-state index is 0.106. The SMILES string of the molecule is CC(C)(C)OC(=O)NCCC(=O)Nc1cccc(CNC(=O)c2cccc(Cl)c2)c1. The fourth-order valence-electron chi connectivity index (χ4n) is 2.49. The van der Waals surface area contributed by atoms with Crippen molar-refractivity contribution >= 4 is 35.2 Å². The Morgan fingerprint density at radius 1 is 1.00 bits per heavy atom. The summed E-state index contributed by atoms with van der Waals surface area (Å²) in [5, 5.41) is 8.62. The maximum absolute atomic E-state index is 12.2. The van der Waals surface area contributed by atoms with Crippen LogP contribution in [0.25, 0.3) is 0 Å². The first-order chi connectivity index (χ1) is 14.1. The first-order valence-electron chi connectivity index (χ1n) is 9.52. The van der Waals surface area contributed by atoms with Crippen molar-refractivity contribution in [3.8, 4) is 0 Å². The number of hydrogen-bond acceptors (Lipinski definition) is 4. The van der Waals surface area contributed by atoms with Crippen molar-refractivity contribution in [3.63, 3.8) is 0 Å². The van der Waals surface area contributed by atoms with E-state index in [0.29, 0.717) is 22.8 Å². The summed E-state index contributed by atoms with van der Waals surface area (Å²) in [6.07, 6.45) is -0.456. The van der Waals surface area contributed by atoms with Crippen molar-refractivity contribution in [2.24, 2.45) is 0 Å². The van der Waals surface area contributed by atoms with Crippen molar-refractivity contribution in [1.29, 1.82) is 0 Å². The van der Waals surface area contributed by atoms with Gasteiger partial charge >= 0.3 is 6.09 Å². The Labute approximate surface area is 181 Å². The Bertz CT molecular complexity index is 909. The largest absolute Gasteiger partial charge is 0.444 e. The maximum atomic E-state index is 12.2. The molecule has 0 unspecified atom stereocenters. The van der Waals surface area contributed by atoms with Crippen molar-refractivity contribution < 1.29 is 19.1 Å². The van der Waals surface area contributed by atoms with Gasteiger partial charge in [0.15, 0.2) is 0 Å². The molecule has 0 saturated carbocycles. The van der Waals surface area contributed by atoms with Crippen LogP contribution in [0.5, 0.6) is 0 Å². The molecule has 2 aromatic carbocycles. The molecular formula is C22H26ClN3O4. The summed E-state index contributed by atoms with van der Waals surface area (Å²) >= 11 is 5.91. The normalized spacial score (nSPS) is 10.8. The van der Waals surface area contributed by atoms with Crippen LogP contribution in [0, 0.1) is 0 Å². The second kappa shape index (κ2) is 10.6. The molecule has 0 saturated heterocycles. The predicted octanol–water partition coefficient (Wildman–Crippen LogP) is 4.12. The number of benzene rings is 2. The molecular weight excluding hydrogens is 406 g/mol.